The zero-order valence-corrected chi connectivity index (χ0v) is 19.9. The molecular weight excluding hydrogens is 506 g/mol. The number of nitrogens with zero attached hydrogens (tertiary/aromatic N) is 4. The van der Waals surface area contributed by atoms with E-state index in [1.165, 1.54) is 35.2 Å². The van der Waals surface area contributed by atoms with Crippen LogP contribution >= 0.6 is 39.9 Å². The minimum Gasteiger partial charge on any atom is -0.381 e. The molecule has 1 N–H and O–H groups in total. The molecule has 5 nitrogen and oxygen atoms in total. The van der Waals surface area contributed by atoms with Crippen molar-refractivity contribution in [1.82, 2.24) is 19.7 Å². The topological polar surface area (TPSA) is 54.2 Å². The summed E-state index contributed by atoms with van der Waals surface area (Å²) in [5.41, 5.74) is -0.624. The lowest BCUT2D eigenvalue weighted by Crippen LogP contribution is -2.46. The van der Waals surface area contributed by atoms with Crippen LogP contribution in [0, 0.1) is 11.6 Å². The third-order valence-electron chi connectivity index (χ3n) is 4.69. The lowest BCUT2D eigenvalue weighted by molar-refractivity contribution is -0.00542. The molecule has 0 aliphatic rings. The zero-order chi connectivity index (χ0) is 22.4. The van der Waals surface area contributed by atoms with Crippen LogP contribution in [0.15, 0.2) is 59.6 Å². The van der Waals surface area contributed by atoms with Crippen molar-refractivity contribution in [3.8, 4) is 0 Å². The van der Waals surface area contributed by atoms with Gasteiger partial charge in [-0.25, -0.2) is 18.4 Å². The highest BCUT2D eigenvalue weighted by atomic mass is 79.9. The Morgan fingerprint density at radius 3 is 2.61 bits per heavy atom. The van der Waals surface area contributed by atoms with Crippen molar-refractivity contribution < 1.29 is 13.9 Å². The second-order valence-electron chi connectivity index (χ2n) is 6.94. The van der Waals surface area contributed by atoms with E-state index in [0.29, 0.717) is 16.6 Å². The molecule has 1 atom stereocenters. The first-order valence-corrected chi connectivity index (χ1v) is 11.7. The van der Waals surface area contributed by atoms with Gasteiger partial charge in [-0.05, 0) is 30.7 Å². The summed E-state index contributed by atoms with van der Waals surface area (Å²) >= 11 is 10.5. The first-order valence-electron chi connectivity index (χ1n) is 9.47. The molecule has 0 aliphatic carbocycles. The molecule has 0 saturated heterocycles. The Morgan fingerprint density at radius 2 is 2.00 bits per heavy atom. The maximum Gasteiger partial charge on any atom is 0.137 e. The molecule has 0 bridgehead atoms. The Balaban J connectivity index is 1.80. The second-order valence-corrected chi connectivity index (χ2v) is 9.47. The van der Waals surface area contributed by atoms with E-state index < -0.39 is 17.2 Å². The Kier molecular flexibility index (Phi) is 8.15. The smallest absolute Gasteiger partial charge is 0.137 e. The van der Waals surface area contributed by atoms with Crippen LogP contribution in [0.4, 0.5) is 8.78 Å². The molecule has 0 amide bonds. The quantitative estimate of drug-likeness (QED) is 0.427. The fourth-order valence-corrected chi connectivity index (χ4v) is 4.60. The van der Waals surface area contributed by atoms with E-state index in [1.807, 2.05) is 31.2 Å². The summed E-state index contributed by atoms with van der Waals surface area (Å²) < 4.78 is 31.1. The summed E-state index contributed by atoms with van der Waals surface area (Å²) in [6, 6.07) is 11.1. The molecule has 0 saturated carbocycles. The molecule has 0 radical (unpaired) electrons. The summed E-state index contributed by atoms with van der Waals surface area (Å²) in [5, 5.41) is 15.5. The van der Waals surface area contributed by atoms with Crippen LogP contribution in [0.1, 0.15) is 18.1 Å². The summed E-state index contributed by atoms with van der Waals surface area (Å²) in [6.45, 7) is 2.36. The molecule has 31 heavy (non-hydrogen) atoms. The Morgan fingerprint density at radius 1 is 1.26 bits per heavy atom. The van der Waals surface area contributed by atoms with Crippen LogP contribution in [-0.4, -0.2) is 42.2 Å². The van der Waals surface area contributed by atoms with Gasteiger partial charge < -0.3 is 10.0 Å². The van der Waals surface area contributed by atoms with Gasteiger partial charge in [0.1, 0.15) is 34.2 Å². The SMILES string of the molecule is CCN(CC(O)(Cn1cncn1)c1ccc(F)cc1F)C(=S)SCc1ccc(Br)cc1. The monoisotopic (exact) mass is 526 g/mol. The number of thiocarbonyl (C=S) groups is 1. The van der Waals surface area contributed by atoms with Gasteiger partial charge in [0, 0.05) is 28.4 Å². The zero-order valence-electron chi connectivity index (χ0n) is 16.7. The van der Waals surface area contributed by atoms with Crippen LogP contribution in [0.25, 0.3) is 0 Å². The van der Waals surface area contributed by atoms with Gasteiger partial charge in [0.15, 0.2) is 0 Å². The molecule has 1 unspecified atom stereocenters. The van der Waals surface area contributed by atoms with Crippen molar-refractivity contribution in [2.75, 3.05) is 13.1 Å². The van der Waals surface area contributed by atoms with E-state index >= 15 is 0 Å². The molecular formula is C21H21BrF2N4OS2. The molecule has 1 aromatic heterocycles. The molecule has 2 aromatic carbocycles. The highest BCUT2D eigenvalue weighted by molar-refractivity contribution is 9.10. The standard InChI is InChI=1S/C21H21BrF2N4OS2/c1-2-27(20(30)31-10-15-3-5-16(22)6-4-15)11-21(29,12-28-14-25-13-26-28)18-8-7-17(23)9-19(18)24/h3-9,13-14,29H,2,10-12H2,1H3. The third kappa shape index (κ3) is 6.31. The number of aliphatic hydroxyl groups is 1. The lowest BCUT2D eigenvalue weighted by Gasteiger charge is -2.35. The fraction of sp³-hybridized carbons (Fsp3) is 0.286. The first-order chi connectivity index (χ1) is 14.8. The normalized spacial score (nSPS) is 13.1. The van der Waals surface area contributed by atoms with Crippen molar-refractivity contribution in [3.63, 3.8) is 0 Å². The highest BCUT2D eigenvalue weighted by Gasteiger charge is 2.36. The molecule has 1 heterocycles. The van der Waals surface area contributed by atoms with Gasteiger partial charge in [0.05, 0.1) is 13.1 Å². The summed E-state index contributed by atoms with van der Waals surface area (Å²) in [6.07, 6.45) is 2.76. The van der Waals surface area contributed by atoms with Crippen molar-refractivity contribution >= 4 is 44.2 Å². The number of benzene rings is 2. The highest BCUT2D eigenvalue weighted by Crippen LogP contribution is 2.29. The van der Waals surface area contributed by atoms with Gasteiger partial charge in [-0.1, -0.05) is 58.1 Å². The van der Waals surface area contributed by atoms with E-state index in [4.69, 9.17) is 12.2 Å². The molecule has 0 spiro atoms. The molecule has 0 aliphatic heterocycles. The van der Waals surface area contributed by atoms with Crippen molar-refractivity contribution in [2.45, 2.75) is 24.8 Å². The number of likely N-dealkylation sites (N-methyl/N-ethyl adjacent to an activating group) is 1. The largest absolute Gasteiger partial charge is 0.381 e. The molecule has 164 valence electrons. The number of halogens is 3. The third-order valence-corrected chi connectivity index (χ3v) is 6.81. The average molecular weight is 527 g/mol. The van der Waals surface area contributed by atoms with Crippen molar-refractivity contribution in [3.05, 3.63) is 82.4 Å². The van der Waals surface area contributed by atoms with Gasteiger partial charge in [-0.3, -0.25) is 0 Å². The van der Waals surface area contributed by atoms with Crippen LogP contribution in [0.5, 0.6) is 0 Å². The van der Waals surface area contributed by atoms with E-state index in [2.05, 4.69) is 26.0 Å². The predicted octanol–water partition coefficient (Wildman–Crippen LogP) is 4.75. The van der Waals surface area contributed by atoms with E-state index in [0.717, 1.165) is 22.2 Å². The van der Waals surface area contributed by atoms with E-state index in [1.54, 1.807) is 4.90 Å². The number of hydrogen-bond donors (Lipinski definition) is 1. The Hall–Kier alpha value is -1.88. The minimum atomic E-state index is -1.70. The summed E-state index contributed by atoms with van der Waals surface area (Å²) in [7, 11) is 0. The maximum atomic E-state index is 14.6. The number of thioether (sulfide) groups is 1. The summed E-state index contributed by atoms with van der Waals surface area (Å²) in [5.74, 6) is -0.876. The molecule has 0 fully saturated rings. The number of aromatic nitrogens is 3. The van der Waals surface area contributed by atoms with Crippen molar-refractivity contribution in [2.24, 2.45) is 0 Å². The molecule has 3 aromatic rings. The van der Waals surface area contributed by atoms with Crippen LogP contribution in [0.2, 0.25) is 0 Å². The molecule has 10 heteroatoms. The Labute approximate surface area is 197 Å². The van der Waals surface area contributed by atoms with E-state index in [-0.39, 0.29) is 18.7 Å². The number of rotatable bonds is 8. The predicted molar refractivity (Wildman–Crippen MR) is 126 cm³/mol. The first kappa shape index (κ1) is 23.8. The van der Waals surface area contributed by atoms with Gasteiger partial charge in [0.25, 0.3) is 0 Å². The van der Waals surface area contributed by atoms with Gasteiger partial charge >= 0.3 is 0 Å². The fourth-order valence-electron chi connectivity index (χ4n) is 3.11. The van der Waals surface area contributed by atoms with Crippen LogP contribution in [0.3, 0.4) is 0 Å². The van der Waals surface area contributed by atoms with Gasteiger partial charge in [0.2, 0.25) is 0 Å². The van der Waals surface area contributed by atoms with Crippen LogP contribution in [-0.2, 0) is 17.9 Å². The van der Waals surface area contributed by atoms with Gasteiger partial charge in [-0.2, -0.15) is 5.10 Å². The average Bonchev–Trinajstić information content (AvgIpc) is 3.24. The van der Waals surface area contributed by atoms with Crippen LogP contribution < -0.4 is 0 Å². The second kappa shape index (κ2) is 10.6. The molecule has 3 rings (SSSR count). The van der Waals surface area contributed by atoms with E-state index in [9.17, 15) is 13.9 Å². The number of hydrogen-bond acceptors (Lipinski definition) is 5. The minimum absolute atomic E-state index is 0.0120. The Bertz CT molecular complexity index is 1020. The van der Waals surface area contributed by atoms with Crippen molar-refractivity contribution in [1.29, 1.82) is 0 Å². The maximum absolute atomic E-state index is 14.6. The lowest BCUT2D eigenvalue weighted by atomic mass is 9.92. The summed E-state index contributed by atoms with van der Waals surface area (Å²) in [4.78, 5) is 5.68. The van der Waals surface area contributed by atoms with Gasteiger partial charge in [-0.15, -0.1) is 0 Å².